The van der Waals surface area contributed by atoms with Gasteiger partial charge in [0.1, 0.15) is 5.01 Å². The third-order valence-electron chi connectivity index (χ3n) is 9.34. The number of nitrogens with zero attached hydrogens (tertiary/aromatic N) is 2. The van der Waals surface area contributed by atoms with Crippen molar-refractivity contribution in [3.63, 3.8) is 0 Å². The second-order valence-corrected chi connectivity index (χ2v) is 15.6. The summed E-state index contributed by atoms with van der Waals surface area (Å²) in [6, 6.07) is 37.6. The first kappa shape index (κ1) is 42.7. The van der Waals surface area contributed by atoms with Gasteiger partial charge in [-0.1, -0.05) is 90.1 Å². The highest BCUT2D eigenvalue weighted by Crippen LogP contribution is 2.31. The number of aromatic carboxylic acids is 1. The van der Waals surface area contributed by atoms with Gasteiger partial charge in [0.25, 0.3) is 17.7 Å². The fraction of sp³-hybridized carbons (Fsp3) is 0.234. The summed E-state index contributed by atoms with van der Waals surface area (Å²) in [5.74, 6) is -1.34. The van der Waals surface area contributed by atoms with Gasteiger partial charge in [0, 0.05) is 29.7 Å². The molecule has 1 saturated heterocycles. The van der Waals surface area contributed by atoms with Crippen LogP contribution in [0.5, 0.6) is 0 Å². The maximum Gasteiger partial charge on any atom is 0.363 e. The number of nitrogens with one attached hydrogen (secondary N) is 1. The fourth-order valence-electron chi connectivity index (χ4n) is 5.72. The Bertz CT molecular complexity index is 2320. The molecule has 0 spiro atoms. The molecule has 11 heteroatoms. The number of carbonyl (C=O) groups is 5. The number of hydrogen-bond acceptors (Lipinski definition) is 8. The van der Waals surface area contributed by atoms with Gasteiger partial charge >= 0.3 is 11.9 Å². The van der Waals surface area contributed by atoms with E-state index in [1.807, 2.05) is 91.0 Å². The Kier molecular flexibility index (Phi) is 14.4. The van der Waals surface area contributed by atoms with Crippen molar-refractivity contribution in [1.82, 2.24) is 10.0 Å². The van der Waals surface area contributed by atoms with Crippen LogP contribution in [0.1, 0.15) is 120 Å². The molecule has 0 atom stereocenters. The number of carboxylic acid groups (broad SMARTS) is 1. The normalized spacial score (nSPS) is 12.3. The Morgan fingerprint density at radius 3 is 1.57 bits per heavy atom. The molecule has 0 saturated carbocycles. The van der Waals surface area contributed by atoms with Gasteiger partial charge in [-0.25, -0.2) is 14.6 Å². The van der Waals surface area contributed by atoms with Crippen LogP contribution in [0.4, 0.5) is 5.69 Å². The summed E-state index contributed by atoms with van der Waals surface area (Å²) in [7, 11) is 0. The van der Waals surface area contributed by atoms with Crippen molar-refractivity contribution in [2.45, 2.75) is 72.1 Å². The van der Waals surface area contributed by atoms with E-state index in [0.29, 0.717) is 39.5 Å². The number of thiazole rings is 1. The molecular formula is C47H47N3O7S. The molecule has 7 rings (SSSR count). The quantitative estimate of drug-likeness (QED) is 0.138. The summed E-state index contributed by atoms with van der Waals surface area (Å²) in [6.07, 6.45) is 0.191. The zero-order chi connectivity index (χ0) is 41.9. The lowest BCUT2D eigenvalue weighted by molar-refractivity contribution is -0.172. The summed E-state index contributed by atoms with van der Waals surface area (Å²) >= 11 is 1.67. The average molecular weight is 798 g/mol. The average Bonchev–Trinajstić information content (AvgIpc) is 3.80. The number of rotatable bonds is 9. The number of aromatic nitrogens is 1. The number of benzene rings is 5. The number of imide groups is 1. The van der Waals surface area contributed by atoms with Gasteiger partial charge in [-0.15, -0.1) is 16.4 Å². The number of amides is 3. The van der Waals surface area contributed by atoms with Crippen molar-refractivity contribution in [2.24, 2.45) is 0 Å². The van der Waals surface area contributed by atoms with Crippen molar-refractivity contribution in [2.75, 3.05) is 5.32 Å². The highest BCUT2D eigenvalue weighted by Gasteiger charge is 2.33. The molecule has 0 radical (unpaired) electrons. The van der Waals surface area contributed by atoms with Gasteiger partial charge in [0.05, 0.1) is 21.3 Å². The molecule has 10 nitrogen and oxygen atoms in total. The second-order valence-electron chi connectivity index (χ2n) is 14.6. The Morgan fingerprint density at radius 1 is 0.638 bits per heavy atom. The van der Waals surface area contributed by atoms with Crippen LogP contribution in [0, 0.1) is 0 Å². The molecule has 3 amide bonds. The third-order valence-corrected chi connectivity index (χ3v) is 10.4. The molecule has 298 valence electrons. The first-order chi connectivity index (χ1) is 27.7. The number of carbonyl (C=O) groups excluding carboxylic acids is 4. The lowest BCUT2D eigenvalue weighted by atomic mass is 10.0. The van der Waals surface area contributed by atoms with Crippen LogP contribution in [0.25, 0.3) is 20.8 Å². The highest BCUT2D eigenvalue weighted by molar-refractivity contribution is 7.21. The van der Waals surface area contributed by atoms with Crippen LogP contribution in [0.15, 0.2) is 121 Å². The van der Waals surface area contributed by atoms with E-state index in [1.54, 1.807) is 35.6 Å². The molecule has 0 aliphatic carbocycles. The predicted molar refractivity (Wildman–Crippen MR) is 228 cm³/mol. The fourth-order valence-corrected chi connectivity index (χ4v) is 6.69. The number of para-hydroxylation sites is 1. The zero-order valence-electron chi connectivity index (χ0n) is 33.4. The summed E-state index contributed by atoms with van der Waals surface area (Å²) in [6.45, 7) is 12.5. The molecule has 1 aromatic heterocycles. The molecule has 2 heterocycles. The zero-order valence-corrected chi connectivity index (χ0v) is 34.2. The summed E-state index contributed by atoms with van der Waals surface area (Å²) in [4.78, 5) is 66.9. The molecule has 2 N–H and O–H groups in total. The van der Waals surface area contributed by atoms with Crippen LogP contribution in [0.2, 0.25) is 0 Å². The van der Waals surface area contributed by atoms with Crippen LogP contribution in [-0.4, -0.2) is 44.8 Å². The van der Waals surface area contributed by atoms with Crippen LogP contribution in [-0.2, 0) is 14.4 Å². The van der Waals surface area contributed by atoms with Crippen LogP contribution < -0.4 is 5.32 Å². The minimum atomic E-state index is -0.870. The molecular weight excluding hydrogens is 751 g/mol. The van der Waals surface area contributed by atoms with Crippen molar-refractivity contribution < 1.29 is 33.9 Å². The SMILES string of the molecule is CC(C)c1ccc(C(=O)Nc2ccc(-c3nc4ccccc4s3)cc2)cc1.CC(C)c1ccc(C(=O)O)cc1.CC(C)c1ccc(C(=O)ON2C(=O)CCC2=O)cc1. The van der Waals surface area contributed by atoms with Crippen LogP contribution >= 0.6 is 11.3 Å². The Balaban J connectivity index is 0.000000180. The van der Waals surface area contributed by atoms with Crippen LogP contribution in [0.3, 0.4) is 0 Å². The van der Waals surface area contributed by atoms with Gasteiger partial charge in [-0.05, 0) is 107 Å². The number of hydrogen-bond donors (Lipinski definition) is 2. The topological polar surface area (TPSA) is 143 Å². The first-order valence-corrected chi connectivity index (χ1v) is 19.9. The Morgan fingerprint density at radius 2 is 1.10 bits per heavy atom. The van der Waals surface area contributed by atoms with Crippen molar-refractivity contribution in [3.8, 4) is 10.6 Å². The monoisotopic (exact) mass is 797 g/mol. The minimum Gasteiger partial charge on any atom is -0.478 e. The third kappa shape index (κ3) is 11.3. The molecule has 0 bridgehead atoms. The minimum absolute atomic E-state index is 0.0956. The Hall–Kier alpha value is -6.46. The largest absolute Gasteiger partial charge is 0.478 e. The standard InChI is InChI=1S/C23H20N2OS.C14H15NO4.C10H12O2/c1-15(2)16-7-9-17(10-8-16)22(26)24-19-13-11-18(12-14-19)23-25-20-5-3-4-6-21(20)27-23;1-9(2)10-3-5-11(6-4-10)14(18)19-15-12(16)7-8-13(15)17;1-7(2)8-3-5-9(6-4-8)10(11)12/h3-15H,1-2H3,(H,24,26);3-6,9H,7-8H2,1-2H3;3-7H,1-2H3,(H,11,12). The van der Waals surface area contributed by atoms with E-state index in [9.17, 15) is 24.0 Å². The highest BCUT2D eigenvalue weighted by atomic mass is 32.1. The van der Waals surface area contributed by atoms with Gasteiger partial charge in [-0.2, -0.15) is 0 Å². The van der Waals surface area contributed by atoms with Crippen molar-refractivity contribution in [3.05, 3.63) is 155 Å². The van der Waals surface area contributed by atoms with E-state index in [-0.39, 0.29) is 18.7 Å². The number of carboxylic acids is 1. The van der Waals surface area contributed by atoms with Gasteiger partial charge in [0.15, 0.2) is 0 Å². The van der Waals surface area contributed by atoms with Gasteiger partial charge < -0.3 is 15.3 Å². The molecule has 1 aliphatic heterocycles. The smallest absolute Gasteiger partial charge is 0.363 e. The molecule has 0 unspecified atom stereocenters. The predicted octanol–water partition coefficient (Wildman–Crippen LogP) is 10.9. The lowest BCUT2D eigenvalue weighted by Gasteiger charge is -2.13. The lowest BCUT2D eigenvalue weighted by Crippen LogP contribution is -2.32. The summed E-state index contributed by atoms with van der Waals surface area (Å²) < 4.78 is 1.18. The molecule has 6 aromatic rings. The van der Waals surface area contributed by atoms with E-state index in [1.165, 1.54) is 15.8 Å². The first-order valence-electron chi connectivity index (χ1n) is 19.1. The number of anilines is 1. The molecule has 1 fully saturated rings. The summed E-state index contributed by atoms with van der Waals surface area (Å²) in [5.41, 5.74) is 7.66. The second kappa shape index (κ2) is 19.6. The maximum absolute atomic E-state index is 12.4. The van der Waals surface area contributed by atoms with Crippen molar-refractivity contribution >= 4 is 56.9 Å². The van der Waals surface area contributed by atoms with E-state index < -0.39 is 23.8 Å². The molecule has 5 aromatic carbocycles. The molecule has 1 aliphatic rings. The maximum atomic E-state index is 12.4. The van der Waals surface area contributed by atoms with E-state index in [2.05, 4.69) is 57.9 Å². The summed E-state index contributed by atoms with van der Waals surface area (Å²) in [5, 5.41) is 13.1. The van der Waals surface area contributed by atoms with Gasteiger partial charge in [-0.3, -0.25) is 14.4 Å². The molecule has 58 heavy (non-hydrogen) atoms. The van der Waals surface area contributed by atoms with Crippen molar-refractivity contribution in [1.29, 1.82) is 0 Å². The van der Waals surface area contributed by atoms with E-state index in [0.717, 1.165) is 27.3 Å². The Labute approximate surface area is 342 Å². The van der Waals surface area contributed by atoms with E-state index >= 15 is 0 Å². The van der Waals surface area contributed by atoms with Gasteiger partial charge in [0.2, 0.25) is 0 Å². The number of fused-ring (bicyclic) bond motifs is 1. The number of hydroxylamine groups is 2. The van der Waals surface area contributed by atoms with E-state index in [4.69, 9.17) is 9.94 Å².